The van der Waals surface area contributed by atoms with E-state index in [0.29, 0.717) is 42.4 Å². The topological polar surface area (TPSA) is 70.8 Å². The number of thiazole rings is 1. The second kappa shape index (κ2) is 10.9. The molecule has 0 bridgehead atoms. The van der Waals surface area contributed by atoms with Gasteiger partial charge in [-0.05, 0) is 37.1 Å². The molecule has 2 aliphatic heterocycles. The number of halogens is 5. The van der Waals surface area contributed by atoms with Gasteiger partial charge in [-0.3, -0.25) is 14.6 Å². The zero-order chi connectivity index (χ0) is 27.9. The van der Waals surface area contributed by atoms with Crippen molar-refractivity contribution in [3.8, 4) is 0 Å². The average molecular weight is 598 g/mol. The van der Waals surface area contributed by atoms with E-state index in [0.717, 1.165) is 38.7 Å². The first-order valence-electron chi connectivity index (χ1n) is 12.3. The summed E-state index contributed by atoms with van der Waals surface area (Å²) in [6, 6.07) is 7.18. The maximum absolute atomic E-state index is 13.0. The van der Waals surface area contributed by atoms with Crippen LogP contribution in [0.3, 0.4) is 0 Å². The molecule has 13 heteroatoms. The molecule has 1 fully saturated rings. The van der Waals surface area contributed by atoms with Gasteiger partial charge in [0.25, 0.3) is 5.56 Å². The summed E-state index contributed by atoms with van der Waals surface area (Å²) in [5, 5.41) is 10.7. The predicted octanol–water partition coefficient (Wildman–Crippen LogP) is 5.82. The van der Waals surface area contributed by atoms with E-state index in [1.165, 1.54) is 6.20 Å². The van der Waals surface area contributed by atoms with E-state index in [-0.39, 0.29) is 17.9 Å². The van der Waals surface area contributed by atoms with Crippen LogP contribution in [-0.4, -0.2) is 51.2 Å². The van der Waals surface area contributed by atoms with Gasteiger partial charge in [0, 0.05) is 59.7 Å². The average Bonchev–Trinajstić information content (AvgIpc) is 3.52. The van der Waals surface area contributed by atoms with E-state index in [1.807, 2.05) is 35.6 Å². The number of hydrogen-bond donors (Lipinski definition) is 0. The first kappa shape index (κ1) is 27.7. The van der Waals surface area contributed by atoms with Crippen molar-refractivity contribution in [1.82, 2.24) is 19.5 Å². The molecule has 2 aromatic heterocycles. The first-order chi connectivity index (χ1) is 18.5. The van der Waals surface area contributed by atoms with Crippen molar-refractivity contribution < 1.29 is 18.0 Å². The minimum Gasteiger partial charge on any atom is -0.341 e. The number of carbonyl (C=O) groups excluding carboxylic acids is 1. The Morgan fingerprint density at radius 3 is 2.49 bits per heavy atom. The van der Waals surface area contributed by atoms with Crippen molar-refractivity contribution in [2.75, 3.05) is 20.1 Å². The number of carbonyl (C=O) groups is 1. The molecule has 0 saturated carbocycles. The Balaban J connectivity index is 1.20. The van der Waals surface area contributed by atoms with Crippen LogP contribution in [0.4, 0.5) is 13.2 Å². The molecule has 4 heterocycles. The molecule has 0 aliphatic carbocycles. The van der Waals surface area contributed by atoms with E-state index < -0.39 is 23.8 Å². The molecule has 1 amide bonds. The van der Waals surface area contributed by atoms with E-state index in [9.17, 15) is 22.8 Å². The molecule has 1 atom stereocenters. The van der Waals surface area contributed by atoms with Crippen LogP contribution in [0.25, 0.3) is 0 Å². The number of piperidine rings is 1. The second-order valence-corrected chi connectivity index (χ2v) is 11.3. The summed E-state index contributed by atoms with van der Waals surface area (Å²) >= 11 is 14.4. The lowest BCUT2D eigenvalue weighted by Crippen LogP contribution is -2.41. The zero-order valence-electron chi connectivity index (χ0n) is 20.8. The molecule has 5 rings (SSSR count). The summed E-state index contributed by atoms with van der Waals surface area (Å²) in [6.07, 6.45) is -1.62. The molecule has 3 aromatic rings. The van der Waals surface area contributed by atoms with Gasteiger partial charge in [-0.1, -0.05) is 29.3 Å². The lowest BCUT2D eigenvalue weighted by Gasteiger charge is -2.31. The van der Waals surface area contributed by atoms with Crippen molar-refractivity contribution in [2.24, 2.45) is 5.10 Å². The second-order valence-electron chi connectivity index (χ2n) is 9.55. The highest BCUT2D eigenvalue weighted by Crippen LogP contribution is 2.40. The number of hydrogen-bond acceptors (Lipinski definition) is 6. The highest BCUT2D eigenvalue weighted by molar-refractivity contribution is 7.10. The lowest BCUT2D eigenvalue weighted by molar-refractivity contribution is -0.139. The quantitative estimate of drug-likeness (QED) is 0.372. The molecular formula is C26H24Cl2F3N5O2S. The highest BCUT2D eigenvalue weighted by Gasteiger charge is 2.35. The minimum absolute atomic E-state index is 0.0927. The minimum atomic E-state index is -4.77. The summed E-state index contributed by atoms with van der Waals surface area (Å²) in [7, 11) is 1.88. The zero-order valence-corrected chi connectivity index (χ0v) is 23.1. The summed E-state index contributed by atoms with van der Waals surface area (Å²) < 4.78 is 39.9. The van der Waals surface area contributed by atoms with Crippen molar-refractivity contribution in [2.45, 2.75) is 43.9 Å². The van der Waals surface area contributed by atoms with Gasteiger partial charge in [0.2, 0.25) is 5.91 Å². The maximum Gasteiger partial charge on any atom is 0.421 e. The van der Waals surface area contributed by atoms with Gasteiger partial charge < -0.3 is 9.47 Å². The fourth-order valence-corrected chi connectivity index (χ4v) is 6.65. The lowest BCUT2D eigenvalue weighted by atomic mass is 9.97. The molecule has 0 radical (unpaired) electrons. The number of rotatable bonds is 5. The molecule has 0 N–H and O–H groups in total. The molecule has 1 saturated heterocycles. The largest absolute Gasteiger partial charge is 0.421 e. The van der Waals surface area contributed by atoms with Crippen LogP contribution in [0, 0.1) is 0 Å². The van der Waals surface area contributed by atoms with E-state index in [4.69, 9.17) is 28.2 Å². The number of aromatic nitrogens is 2. The van der Waals surface area contributed by atoms with Crippen LogP contribution in [0.5, 0.6) is 0 Å². The summed E-state index contributed by atoms with van der Waals surface area (Å²) in [4.78, 5) is 31.4. The Kier molecular flexibility index (Phi) is 7.76. The summed E-state index contributed by atoms with van der Waals surface area (Å²) in [5.74, 6) is -0.236. The van der Waals surface area contributed by atoms with Crippen LogP contribution >= 0.6 is 34.5 Å². The third kappa shape index (κ3) is 5.71. The van der Waals surface area contributed by atoms with Crippen molar-refractivity contribution >= 4 is 46.2 Å². The smallest absolute Gasteiger partial charge is 0.341 e. The molecule has 1 aromatic carbocycles. The van der Waals surface area contributed by atoms with Crippen molar-refractivity contribution in [3.05, 3.63) is 84.1 Å². The molecular weight excluding hydrogens is 574 g/mol. The Hall–Kier alpha value is -2.89. The van der Waals surface area contributed by atoms with Gasteiger partial charge in [-0.25, -0.2) is 4.98 Å². The van der Waals surface area contributed by atoms with Gasteiger partial charge in [0.15, 0.2) is 0 Å². The van der Waals surface area contributed by atoms with Crippen LogP contribution in [-0.2, 0) is 17.5 Å². The molecule has 39 heavy (non-hydrogen) atoms. The van der Waals surface area contributed by atoms with Crippen LogP contribution in [0.2, 0.25) is 10.0 Å². The van der Waals surface area contributed by atoms with Gasteiger partial charge in [0.1, 0.15) is 12.1 Å². The van der Waals surface area contributed by atoms with E-state index in [1.54, 1.807) is 16.2 Å². The number of amides is 1. The fraction of sp³-hybridized carbons (Fsp3) is 0.385. The van der Waals surface area contributed by atoms with Gasteiger partial charge in [0.05, 0.1) is 22.5 Å². The normalized spacial score (nSPS) is 18.5. The maximum atomic E-state index is 13.0. The van der Waals surface area contributed by atoms with Crippen LogP contribution in [0.1, 0.15) is 53.1 Å². The molecule has 1 unspecified atom stereocenters. The summed E-state index contributed by atoms with van der Waals surface area (Å²) in [6.45, 7) is 0.435. The molecule has 7 nitrogen and oxygen atoms in total. The fourth-order valence-electron chi connectivity index (χ4n) is 5.00. The molecule has 206 valence electrons. The Morgan fingerprint density at radius 1 is 1.13 bits per heavy atom. The Labute approximate surface area is 236 Å². The Morgan fingerprint density at radius 2 is 1.82 bits per heavy atom. The van der Waals surface area contributed by atoms with Crippen LogP contribution in [0.15, 0.2) is 51.8 Å². The molecule has 2 aliphatic rings. The van der Waals surface area contributed by atoms with Crippen molar-refractivity contribution in [3.63, 3.8) is 0 Å². The summed E-state index contributed by atoms with van der Waals surface area (Å²) in [5.41, 5.74) is -0.0180. The first-order valence-corrected chi connectivity index (χ1v) is 13.9. The number of likely N-dealkylation sites (tertiary alicyclic amines) is 1. The SMILES string of the molecule is CN1N=C(c2csc(C3CCN(C(=O)Cn4cccc(C(F)(F)F)c4=O)CC3)n2)CC1c1c(Cl)cccc1Cl. The number of nitrogens with zero attached hydrogens (tertiary/aromatic N) is 5. The number of pyridine rings is 1. The standard InChI is InChI=1S/C26H24Cl2F3N5O2S/c1-34-21(23-17(27)5-2-6-18(23)28)12-19(33-34)20-14-39-24(32-20)15-7-10-35(11-8-15)22(37)13-36-9-3-4-16(25(36)38)26(29,30)31/h2-6,9,14-15,21H,7-8,10-13H2,1H3. The van der Waals surface area contributed by atoms with E-state index in [2.05, 4.69) is 5.10 Å². The number of alkyl halides is 3. The van der Waals surface area contributed by atoms with Crippen LogP contribution < -0.4 is 5.56 Å². The Bertz CT molecular complexity index is 1460. The number of hydrazone groups is 1. The highest BCUT2D eigenvalue weighted by atomic mass is 35.5. The van der Waals surface area contributed by atoms with E-state index >= 15 is 0 Å². The van der Waals surface area contributed by atoms with Gasteiger partial charge in [-0.15, -0.1) is 11.3 Å². The number of benzene rings is 1. The monoisotopic (exact) mass is 597 g/mol. The van der Waals surface area contributed by atoms with Crippen molar-refractivity contribution in [1.29, 1.82) is 0 Å². The van der Waals surface area contributed by atoms with Gasteiger partial charge >= 0.3 is 6.18 Å². The van der Waals surface area contributed by atoms with Gasteiger partial charge in [-0.2, -0.15) is 18.3 Å². The molecule has 0 spiro atoms. The third-order valence-electron chi connectivity index (χ3n) is 7.09. The third-order valence-corrected chi connectivity index (χ3v) is 8.76. The predicted molar refractivity (Wildman–Crippen MR) is 144 cm³/mol.